The number of halogens is 2. The van der Waals surface area contributed by atoms with Crippen LogP contribution < -0.4 is 5.32 Å². The van der Waals surface area contributed by atoms with Gasteiger partial charge >= 0.3 is 0 Å². The number of benzene rings is 1. The van der Waals surface area contributed by atoms with E-state index in [1.807, 2.05) is 22.6 Å². The summed E-state index contributed by atoms with van der Waals surface area (Å²) in [4.78, 5) is 11.5. The van der Waals surface area contributed by atoms with Gasteiger partial charge in [-0.3, -0.25) is 4.79 Å². The van der Waals surface area contributed by atoms with Crippen LogP contribution in [0.25, 0.3) is 0 Å². The van der Waals surface area contributed by atoms with Crippen LogP contribution in [0.4, 0.5) is 10.1 Å². The molecule has 16 heavy (non-hydrogen) atoms. The molecule has 1 amide bonds. The number of nitrogens with one attached hydrogen (secondary N) is 1. The van der Waals surface area contributed by atoms with Gasteiger partial charge < -0.3 is 9.73 Å². The van der Waals surface area contributed by atoms with E-state index < -0.39 is 11.7 Å². The van der Waals surface area contributed by atoms with Gasteiger partial charge in [0.25, 0.3) is 5.91 Å². The SMILES string of the molecule is O=C(Nc1ccc(I)cc1F)c1ccco1. The Morgan fingerprint density at radius 2 is 2.19 bits per heavy atom. The van der Waals surface area contributed by atoms with Crippen LogP contribution in [0.5, 0.6) is 0 Å². The van der Waals surface area contributed by atoms with Crippen molar-refractivity contribution in [3.8, 4) is 0 Å². The van der Waals surface area contributed by atoms with Crippen molar-refractivity contribution in [2.24, 2.45) is 0 Å². The van der Waals surface area contributed by atoms with E-state index in [1.165, 1.54) is 24.5 Å². The lowest BCUT2D eigenvalue weighted by Gasteiger charge is -2.04. The highest BCUT2D eigenvalue weighted by molar-refractivity contribution is 14.1. The highest BCUT2D eigenvalue weighted by atomic mass is 127. The molecule has 82 valence electrons. The summed E-state index contributed by atoms with van der Waals surface area (Å²) >= 11 is 2.00. The van der Waals surface area contributed by atoms with Gasteiger partial charge in [0.05, 0.1) is 12.0 Å². The fraction of sp³-hybridized carbons (Fsp3) is 0. The van der Waals surface area contributed by atoms with Crippen molar-refractivity contribution in [2.75, 3.05) is 5.32 Å². The molecule has 0 fully saturated rings. The van der Waals surface area contributed by atoms with Gasteiger partial charge in [0.15, 0.2) is 5.76 Å². The van der Waals surface area contributed by atoms with Crippen LogP contribution in [0, 0.1) is 9.39 Å². The molecule has 0 aliphatic carbocycles. The molecule has 0 spiro atoms. The average molecular weight is 331 g/mol. The molecule has 0 atom stereocenters. The molecule has 1 heterocycles. The molecular formula is C11H7FINO2. The molecule has 2 aromatic rings. The molecule has 0 saturated heterocycles. The van der Waals surface area contributed by atoms with Crippen LogP contribution in [0.2, 0.25) is 0 Å². The van der Waals surface area contributed by atoms with E-state index in [9.17, 15) is 9.18 Å². The third-order valence-corrected chi connectivity index (χ3v) is 2.60. The summed E-state index contributed by atoms with van der Waals surface area (Å²) < 4.78 is 19.1. The summed E-state index contributed by atoms with van der Waals surface area (Å²) in [6.07, 6.45) is 1.39. The maximum atomic E-state index is 13.4. The molecule has 1 aromatic carbocycles. The van der Waals surface area contributed by atoms with Gasteiger partial charge in [-0.25, -0.2) is 4.39 Å². The van der Waals surface area contributed by atoms with E-state index >= 15 is 0 Å². The maximum absolute atomic E-state index is 13.4. The Balaban J connectivity index is 2.18. The molecule has 0 unspecified atom stereocenters. The van der Waals surface area contributed by atoms with Crippen molar-refractivity contribution in [2.45, 2.75) is 0 Å². The van der Waals surface area contributed by atoms with Gasteiger partial charge in [0.2, 0.25) is 0 Å². The third-order valence-electron chi connectivity index (χ3n) is 1.92. The van der Waals surface area contributed by atoms with Crippen molar-refractivity contribution in [1.29, 1.82) is 0 Å². The molecule has 0 radical (unpaired) electrons. The Morgan fingerprint density at radius 3 is 2.81 bits per heavy atom. The molecule has 1 N–H and O–H groups in total. The van der Waals surface area contributed by atoms with Crippen LogP contribution in [0.3, 0.4) is 0 Å². The Hall–Kier alpha value is -1.37. The van der Waals surface area contributed by atoms with Crippen LogP contribution in [0.1, 0.15) is 10.6 Å². The van der Waals surface area contributed by atoms with E-state index in [4.69, 9.17) is 4.42 Å². The minimum absolute atomic E-state index is 0.141. The van der Waals surface area contributed by atoms with Gasteiger partial charge in [0.1, 0.15) is 5.82 Å². The van der Waals surface area contributed by atoms with Crippen LogP contribution in [0.15, 0.2) is 41.0 Å². The average Bonchev–Trinajstić information content (AvgIpc) is 2.75. The monoisotopic (exact) mass is 331 g/mol. The molecule has 3 nitrogen and oxygen atoms in total. The van der Waals surface area contributed by atoms with Crippen molar-refractivity contribution in [3.63, 3.8) is 0 Å². The number of hydrogen-bond donors (Lipinski definition) is 1. The third kappa shape index (κ3) is 2.41. The Kier molecular flexibility index (Phi) is 3.23. The number of hydrogen-bond acceptors (Lipinski definition) is 2. The van der Waals surface area contributed by atoms with Gasteiger partial charge in [-0.2, -0.15) is 0 Å². The number of carbonyl (C=O) groups is 1. The fourth-order valence-corrected chi connectivity index (χ4v) is 1.64. The predicted molar refractivity (Wildman–Crippen MR) is 65.8 cm³/mol. The molecule has 0 bridgehead atoms. The first-order valence-corrected chi connectivity index (χ1v) is 5.54. The van der Waals surface area contributed by atoms with E-state index in [2.05, 4.69) is 5.32 Å². The van der Waals surface area contributed by atoms with Gasteiger partial charge in [-0.1, -0.05) is 0 Å². The summed E-state index contributed by atoms with van der Waals surface area (Å²) in [5.41, 5.74) is 0.141. The smallest absolute Gasteiger partial charge is 0.291 e. The lowest BCUT2D eigenvalue weighted by molar-refractivity contribution is 0.0996. The first-order chi connectivity index (χ1) is 7.66. The van der Waals surface area contributed by atoms with E-state index in [1.54, 1.807) is 12.1 Å². The second-order valence-electron chi connectivity index (χ2n) is 3.06. The lowest BCUT2D eigenvalue weighted by atomic mass is 10.3. The second-order valence-corrected chi connectivity index (χ2v) is 4.30. The van der Waals surface area contributed by atoms with E-state index in [0.29, 0.717) is 0 Å². The highest BCUT2D eigenvalue weighted by Gasteiger charge is 2.11. The summed E-state index contributed by atoms with van der Waals surface area (Å²) in [5.74, 6) is -0.783. The van der Waals surface area contributed by atoms with Gasteiger partial charge in [-0.05, 0) is 52.9 Å². The zero-order valence-corrected chi connectivity index (χ0v) is 10.2. The minimum atomic E-state index is -0.467. The van der Waals surface area contributed by atoms with Crippen molar-refractivity contribution >= 4 is 34.2 Å². The van der Waals surface area contributed by atoms with Gasteiger partial charge in [0, 0.05) is 3.57 Å². The molecule has 0 saturated carbocycles. The number of amides is 1. The predicted octanol–water partition coefficient (Wildman–Crippen LogP) is 3.28. The van der Waals surface area contributed by atoms with Crippen molar-refractivity contribution < 1.29 is 13.6 Å². The quantitative estimate of drug-likeness (QED) is 0.859. The van der Waals surface area contributed by atoms with Crippen molar-refractivity contribution in [1.82, 2.24) is 0 Å². The zero-order chi connectivity index (χ0) is 11.5. The Labute approximate surface area is 105 Å². The second kappa shape index (κ2) is 4.65. The van der Waals surface area contributed by atoms with Crippen molar-refractivity contribution in [3.05, 3.63) is 51.7 Å². The van der Waals surface area contributed by atoms with E-state index in [0.717, 1.165) is 3.57 Å². The van der Waals surface area contributed by atoms with Crippen LogP contribution in [-0.4, -0.2) is 5.91 Å². The fourth-order valence-electron chi connectivity index (χ4n) is 1.18. The molecule has 0 aliphatic rings. The molecule has 1 aromatic heterocycles. The summed E-state index contributed by atoms with van der Waals surface area (Å²) in [6.45, 7) is 0. The standard InChI is InChI=1S/C11H7FINO2/c12-8-6-7(13)3-4-9(8)14-11(15)10-2-1-5-16-10/h1-6H,(H,14,15). The maximum Gasteiger partial charge on any atom is 0.291 e. The Bertz CT molecular complexity index is 511. The first-order valence-electron chi connectivity index (χ1n) is 4.47. The van der Waals surface area contributed by atoms with Gasteiger partial charge in [-0.15, -0.1) is 0 Å². The normalized spacial score (nSPS) is 10.1. The number of carbonyl (C=O) groups excluding carboxylic acids is 1. The summed E-state index contributed by atoms with van der Waals surface area (Å²) in [5, 5.41) is 2.43. The molecule has 0 aliphatic heterocycles. The van der Waals surface area contributed by atoms with Crippen LogP contribution >= 0.6 is 22.6 Å². The topological polar surface area (TPSA) is 42.2 Å². The van der Waals surface area contributed by atoms with Crippen LogP contribution in [-0.2, 0) is 0 Å². The highest BCUT2D eigenvalue weighted by Crippen LogP contribution is 2.17. The lowest BCUT2D eigenvalue weighted by Crippen LogP contribution is -2.12. The number of rotatable bonds is 2. The zero-order valence-electron chi connectivity index (χ0n) is 8.04. The van der Waals surface area contributed by atoms with E-state index in [-0.39, 0.29) is 11.4 Å². The molecular weight excluding hydrogens is 324 g/mol. The Morgan fingerprint density at radius 1 is 1.38 bits per heavy atom. The minimum Gasteiger partial charge on any atom is -0.459 e. The molecule has 2 rings (SSSR count). The summed E-state index contributed by atoms with van der Waals surface area (Å²) in [7, 11) is 0. The summed E-state index contributed by atoms with van der Waals surface area (Å²) in [6, 6.07) is 7.68. The number of furan rings is 1. The largest absolute Gasteiger partial charge is 0.459 e. The number of anilines is 1. The molecule has 5 heteroatoms. The first kappa shape index (κ1) is 11.1.